The van der Waals surface area contributed by atoms with Crippen molar-refractivity contribution < 1.29 is 14.6 Å². The van der Waals surface area contributed by atoms with Crippen molar-refractivity contribution in [3.63, 3.8) is 0 Å². The second-order valence-electron chi connectivity index (χ2n) is 2.23. The van der Waals surface area contributed by atoms with E-state index >= 15 is 0 Å². The summed E-state index contributed by atoms with van der Waals surface area (Å²) in [5.74, 6) is -0.364. The highest BCUT2D eigenvalue weighted by Crippen LogP contribution is 2.10. The van der Waals surface area contributed by atoms with Crippen molar-refractivity contribution in [1.29, 1.82) is 0 Å². The van der Waals surface area contributed by atoms with Crippen LogP contribution in [0.3, 0.4) is 0 Å². The maximum atomic E-state index is 10.6. The molecule has 1 aliphatic heterocycles. The fraction of sp³-hybridized carbons (Fsp3) is 0.571. The summed E-state index contributed by atoms with van der Waals surface area (Å²) in [5, 5.41) is 9.12. The van der Waals surface area contributed by atoms with Crippen LogP contribution in [0.4, 0.5) is 0 Å². The summed E-state index contributed by atoms with van der Waals surface area (Å²) in [6.45, 7) is 1.86. The van der Waals surface area contributed by atoms with Gasteiger partial charge < -0.3 is 9.84 Å². The number of esters is 1. The Kier molecular flexibility index (Phi) is 2.06. The van der Waals surface area contributed by atoms with Crippen LogP contribution in [0.2, 0.25) is 0 Å². The molecule has 1 aliphatic rings. The van der Waals surface area contributed by atoms with Crippen molar-refractivity contribution in [3.05, 3.63) is 12.2 Å². The van der Waals surface area contributed by atoms with Crippen molar-refractivity contribution in [2.75, 3.05) is 0 Å². The molecule has 1 rings (SSSR count). The van der Waals surface area contributed by atoms with Gasteiger partial charge in [-0.15, -0.1) is 0 Å². The molecule has 0 spiro atoms. The van der Waals surface area contributed by atoms with Gasteiger partial charge in [-0.1, -0.05) is 6.92 Å². The second kappa shape index (κ2) is 2.84. The van der Waals surface area contributed by atoms with E-state index in [1.165, 1.54) is 12.2 Å². The minimum absolute atomic E-state index is 0.350. The first kappa shape index (κ1) is 7.28. The average molecular weight is 142 g/mol. The number of carbonyl (C=O) groups is 1. The van der Waals surface area contributed by atoms with Gasteiger partial charge in [0.2, 0.25) is 0 Å². The lowest BCUT2D eigenvalue weighted by Gasteiger charge is -2.21. The molecule has 0 fully saturated rings. The minimum atomic E-state index is -0.623. The maximum absolute atomic E-state index is 10.6. The molecular formula is C7H10O3. The predicted molar refractivity (Wildman–Crippen MR) is 35.3 cm³/mol. The first-order chi connectivity index (χ1) is 4.74. The number of hydrogen-bond acceptors (Lipinski definition) is 3. The van der Waals surface area contributed by atoms with E-state index in [0.717, 1.165) is 0 Å². The Bertz CT molecular complexity index is 162. The fourth-order valence-electron chi connectivity index (χ4n) is 0.884. The van der Waals surface area contributed by atoms with Crippen LogP contribution in [-0.2, 0) is 9.53 Å². The monoisotopic (exact) mass is 142 g/mol. The van der Waals surface area contributed by atoms with E-state index in [1.54, 1.807) is 0 Å². The minimum Gasteiger partial charge on any atom is -0.456 e. The van der Waals surface area contributed by atoms with Gasteiger partial charge in [0.15, 0.2) is 0 Å². The molecule has 0 bridgehead atoms. The summed E-state index contributed by atoms with van der Waals surface area (Å²) in [6, 6.07) is 0. The number of aliphatic hydroxyl groups is 1. The zero-order valence-electron chi connectivity index (χ0n) is 5.78. The molecule has 0 aromatic carbocycles. The summed E-state index contributed by atoms with van der Waals surface area (Å²) in [6.07, 6.45) is 2.38. The fourth-order valence-corrected chi connectivity index (χ4v) is 0.884. The molecular weight excluding hydrogens is 132 g/mol. The summed E-state index contributed by atoms with van der Waals surface area (Å²) in [4.78, 5) is 10.6. The molecule has 56 valence electrons. The van der Waals surface area contributed by atoms with Gasteiger partial charge in [0.1, 0.15) is 12.2 Å². The molecule has 2 atom stereocenters. The summed E-state index contributed by atoms with van der Waals surface area (Å²) >= 11 is 0. The Balaban J connectivity index is 2.62. The highest BCUT2D eigenvalue weighted by molar-refractivity contribution is 5.83. The summed E-state index contributed by atoms with van der Waals surface area (Å²) in [7, 11) is 0. The van der Waals surface area contributed by atoms with E-state index < -0.39 is 6.10 Å². The molecule has 0 amide bonds. The average Bonchev–Trinajstić information content (AvgIpc) is 1.94. The van der Waals surface area contributed by atoms with E-state index in [9.17, 15) is 4.79 Å². The standard InChI is InChI=1S/C7H10O3/c1-2-6-5(8)3-4-7(9)10-6/h3-6,8H,2H2,1H3. The van der Waals surface area contributed by atoms with Crippen LogP contribution in [0.15, 0.2) is 12.2 Å². The van der Waals surface area contributed by atoms with E-state index in [2.05, 4.69) is 0 Å². The van der Waals surface area contributed by atoms with Gasteiger partial charge in [-0.05, 0) is 12.5 Å². The molecule has 1 N–H and O–H groups in total. The van der Waals surface area contributed by atoms with Gasteiger partial charge in [0, 0.05) is 6.08 Å². The van der Waals surface area contributed by atoms with E-state index in [1.807, 2.05) is 6.92 Å². The molecule has 3 heteroatoms. The van der Waals surface area contributed by atoms with Crippen LogP contribution >= 0.6 is 0 Å². The van der Waals surface area contributed by atoms with E-state index in [-0.39, 0.29) is 12.1 Å². The lowest BCUT2D eigenvalue weighted by molar-refractivity contribution is -0.149. The normalized spacial score (nSPS) is 32.0. The topological polar surface area (TPSA) is 46.5 Å². The van der Waals surface area contributed by atoms with Gasteiger partial charge in [0.05, 0.1) is 0 Å². The Labute approximate surface area is 59.3 Å². The van der Waals surface area contributed by atoms with Crippen molar-refractivity contribution in [2.24, 2.45) is 0 Å². The Morgan fingerprint density at radius 3 is 3.00 bits per heavy atom. The number of rotatable bonds is 1. The van der Waals surface area contributed by atoms with Crippen LogP contribution in [0.5, 0.6) is 0 Å². The van der Waals surface area contributed by atoms with Crippen LogP contribution in [-0.4, -0.2) is 23.3 Å². The number of carbonyl (C=O) groups excluding carboxylic acids is 1. The highest BCUT2D eigenvalue weighted by atomic mass is 16.6. The van der Waals surface area contributed by atoms with Crippen molar-refractivity contribution in [1.82, 2.24) is 0 Å². The number of ether oxygens (including phenoxy) is 1. The summed E-state index contributed by atoms with van der Waals surface area (Å²) < 4.78 is 4.77. The highest BCUT2D eigenvalue weighted by Gasteiger charge is 2.22. The molecule has 1 heterocycles. The number of hydrogen-bond donors (Lipinski definition) is 1. The van der Waals surface area contributed by atoms with Crippen LogP contribution < -0.4 is 0 Å². The smallest absolute Gasteiger partial charge is 0.330 e. The quantitative estimate of drug-likeness (QED) is 0.533. The van der Waals surface area contributed by atoms with Gasteiger partial charge in [-0.25, -0.2) is 4.79 Å². The molecule has 3 nitrogen and oxygen atoms in total. The Morgan fingerprint density at radius 2 is 2.50 bits per heavy atom. The number of cyclic esters (lactones) is 1. The van der Waals surface area contributed by atoms with Crippen molar-refractivity contribution in [2.45, 2.75) is 25.6 Å². The van der Waals surface area contributed by atoms with E-state index in [4.69, 9.17) is 9.84 Å². The largest absolute Gasteiger partial charge is 0.456 e. The molecule has 0 saturated heterocycles. The first-order valence-electron chi connectivity index (χ1n) is 3.31. The molecule has 0 radical (unpaired) electrons. The molecule has 0 aromatic rings. The van der Waals surface area contributed by atoms with Crippen molar-refractivity contribution >= 4 is 5.97 Å². The third kappa shape index (κ3) is 1.36. The second-order valence-corrected chi connectivity index (χ2v) is 2.23. The Hall–Kier alpha value is -0.830. The molecule has 2 unspecified atom stereocenters. The summed E-state index contributed by atoms with van der Waals surface area (Å²) in [5.41, 5.74) is 0. The SMILES string of the molecule is CCC1OC(=O)C=CC1O. The van der Waals surface area contributed by atoms with E-state index in [0.29, 0.717) is 6.42 Å². The predicted octanol–water partition coefficient (Wildman–Crippen LogP) is 0.239. The molecule has 10 heavy (non-hydrogen) atoms. The zero-order chi connectivity index (χ0) is 7.56. The van der Waals surface area contributed by atoms with Crippen LogP contribution in [0.1, 0.15) is 13.3 Å². The van der Waals surface area contributed by atoms with Gasteiger partial charge in [0.25, 0.3) is 0 Å². The third-order valence-electron chi connectivity index (χ3n) is 1.48. The lowest BCUT2D eigenvalue weighted by Crippen LogP contribution is -2.32. The van der Waals surface area contributed by atoms with Crippen LogP contribution in [0.25, 0.3) is 0 Å². The van der Waals surface area contributed by atoms with Gasteiger partial charge in [-0.2, -0.15) is 0 Å². The van der Waals surface area contributed by atoms with Crippen molar-refractivity contribution in [3.8, 4) is 0 Å². The first-order valence-corrected chi connectivity index (χ1v) is 3.31. The lowest BCUT2D eigenvalue weighted by atomic mass is 10.1. The number of aliphatic hydroxyl groups excluding tert-OH is 1. The Morgan fingerprint density at radius 1 is 1.80 bits per heavy atom. The van der Waals surface area contributed by atoms with Gasteiger partial charge in [-0.3, -0.25) is 0 Å². The van der Waals surface area contributed by atoms with Gasteiger partial charge >= 0.3 is 5.97 Å². The maximum Gasteiger partial charge on any atom is 0.330 e. The zero-order valence-corrected chi connectivity index (χ0v) is 5.78. The molecule has 0 saturated carbocycles. The third-order valence-corrected chi connectivity index (χ3v) is 1.48. The molecule has 0 aromatic heterocycles. The molecule has 0 aliphatic carbocycles. The van der Waals surface area contributed by atoms with Crippen LogP contribution in [0, 0.1) is 0 Å².